The third-order valence-electron chi connectivity index (χ3n) is 3.18. The number of methoxy groups -OCH3 is 1. The van der Waals surface area contributed by atoms with Crippen LogP contribution >= 0.6 is 0 Å². The highest BCUT2D eigenvalue weighted by Gasteiger charge is 2.11. The number of nitriles is 1. The van der Waals surface area contributed by atoms with Gasteiger partial charge >= 0.3 is 0 Å². The number of nitrogens with zero attached hydrogens (tertiary/aromatic N) is 3. The number of hydrogen-bond donors (Lipinski definition) is 1. The zero-order valence-corrected chi connectivity index (χ0v) is 11.5. The summed E-state index contributed by atoms with van der Waals surface area (Å²) in [5.74, 6) is 0. The molecular formula is C15H18N4O. The predicted molar refractivity (Wildman–Crippen MR) is 80.5 cm³/mol. The molecular weight excluding hydrogens is 252 g/mol. The molecule has 0 bridgehead atoms. The van der Waals surface area contributed by atoms with E-state index < -0.39 is 0 Å². The molecule has 104 valence electrons. The molecule has 0 radical (unpaired) electrons. The summed E-state index contributed by atoms with van der Waals surface area (Å²) in [6.45, 7) is 2.00. The number of fused-ring (bicyclic) bond motifs is 1. The Kier molecular flexibility index (Phi) is 4.75. The highest BCUT2D eigenvalue weighted by Crippen LogP contribution is 2.29. The van der Waals surface area contributed by atoms with Crippen molar-refractivity contribution < 1.29 is 4.74 Å². The fourth-order valence-electron chi connectivity index (χ4n) is 2.19. The van der Waals surface area contributed by atoms with E-state index in [1.54, 1.807) is 13.3 Å². The fourth-order valence-corrected chi connectivity index (χ4v) is 2.19. The van der Waals surface area contributed by atoms with Crippen LogP contribution in [0.5, 0.6) is 0 Å². The normalized spacial score (nSPS) is 10.4. The van der Waals surface area contributed by atoms with Crippen LogP contribution in [0, 0.1) is 11.3 Å². The highest BCUT2D eigenvalue weighted by atomic mass is 16.5. The monoisotopic (exact) mass is 270 g/mol. The van der Waals surface area contributed by atoms with Crippen LogP contribution in [0.15, 0.2) is 30.5 Å². The van der Waals surface area contributed by atoms with Gasteiger partial charge in [0, 0.05) is 37.5 Å². The number of nitrogen functional groups attached to an aromatic ring is 1. The van der Waals surface area contributed by atoms with E-state index in [0.29, 0.717) is 25.3 Å². The molecule has 0 aliphatic heterocycles. The minimum atomic E-state index is 0.468. The van der Waals surface area contributed by atoms with E-state index in [1.165, 1.54) is 0 Å². The SMILES string of the molecule is COCCN(CCC#N)c1ccc(N)c2ncccc12. The first kappa shape index (κ1) is 14.1. The van der Waals surface area contributed by atoms with Crippen molar-refractivity contribution in [2.45, 2.75) is 6.42 Å². The van der Waals surface area contributed by atoms with Crippen molar-refractivity contribution >= 4 is 22.3 Å². The summed E-state index contributed by atoms with van der Waals surface area (Å²) in [7, 11) is 1.67. The molecule has 0 fully saturated rings. The quantitative estimate of drug-likeness (QED) is 0.814. The minimum absolute atomic E-state index is 0.468. The van der Waals surface area contributed by atoms with Gasteiger partial charge in [0.2, 0.25) is 0 Å². The lowest BCUT2D eigenvalue weighted by molar-refractivity contribution is 0.205. The predicted octanol–water partition coefficient (Wildman–Crippen LogP) is 2.18. The van der Waals surface area contributed by atoms with E-state index in [0.717, 1.165) is 23.1 Å². The Morgan fingerprint density at radius 2 is 2.20 bits per heavy atom. The Morgan fingerprint density at radius 3 is 2.95 bits per heavy atom. The number of aromatic nitrogens is 1. The fraction of sp³-hybridized carbons (Fsp3) is 0.333. The van der Waals surface area contributed by atoms with Crippen LogP contribution in [0.25, 0.3) is 10.9 Å². The standard InChI is InChI=1S/C15H18N4O/c1-20-11-10-19(9-3-7-16)14-6-5-13(17)15-12(14)4-2-8-18-15/h2,4-6,8H,3,9-11,17H2,1H3. The lowest BCUT2D eigenvalue weighted by atomic mass is 10.1. The van der Waals surface area contributed by atoms with Crippen LogP contribution in [0.1, 0.15) is 6.42 Å². The number of anilines is 2. The van der Waals surface area contributed by atoms with Crippen molar-refractivity contribution in [3.63, 3.8) is 0 Å². The van der Waals surface area contributed by atoms with Gasteiger partial charge in [0.1, 0.15) is 0 Å². The first-order valence-electron chi connectivity index (χ1n) is 6.52. The van der Waals surface area contributed by atoms with Crippen LogP contribution in [-0.2, 0) is 4.74 Å². The third-order valence-corrected chi connectivity index (χ3v) is 3.18. The maximum atomic E-state index is 8.80. The van der Waals surface area contributed by atoms with Crippen molar-refractivity contribution in [3.8, 4) is 6.07 Å². The lowest BCUT2D eigenvalue weighted by Gasteiger charge is -2.25. The Morgan fingerprint density at radius 1 is 1.35 bits per heavy atom. The summed E-state index contributed by atoms with van der Waals surface area (Å²) in [5, 5.41) is 9.81. The second kappa shape index (κ2) is 6.73. The molecule has 0 spiro atoms. The number of nitrogens with two attached hydrogens (primary N) is 1. The summed E-state index contributed by atoms with van der Waals surface area (Å²) < 4.78 is 5.14. The van der Waals surface area contributed by atoms with Crippen molar-refractivity contribution in [1.82, 2.24) is 4.98 Å². The summed E-state index contributed by atoms with van der Waals surface area (Å²) in [4.78, 5) is 6.47. The minimum Gasteiger partial charge on any atom is -0.397 e. The molecule has 0 aliphatic rings. The first-order valence-corrected chi connectivity index (χ1v) is 6.52. The first-order chi connectivity index (χ1) is 9.77. The molecule has 0 amide bonds. The molecule has 1 heterocycles. The average molecular weight is 270 g/mol. The molecule has 0 unspecified atom stereocenters. The average Bonchev–Trinajstić information content (AvgIpc) is 2.49. The number of benzene rings is 1. The van der Waals surface area contributed by atoms with E-state index in [4.69, 9.17) is 15.7 Å². The molecule has 2 N–H and O–H groups in total. The second-order valence-electron chi connectivity index (χ2n) is 4.46. The topological polar surface area (TPSA) is 75.2 Å². The summed E-state index contributed by atoms with van der Waals surface area (Å²) in [5.41, 5.74) is 8.46. The maximum absolute atomic E-state index is 8.80. The van der Waals surface area contributed by atoms with Gasteiger partial charge in [0.15, 0.2) is 0 Å². The van der Waals surface area contributed by atoms with Crippen molar-refractivity contribution in [2.75, 3.05) is 37.4 Å². The Hall–Kier alpha value is -2.32. The number of ether oxygens (including phenoxy) is 1. The van der Waals surface area contributed by atoms with Gasteiger partial charge in [-0.05, 0) is 24.3 Å². The molecule has 0 saturated heterocycles. The molecule has 5 nitrogen and oxygen atoms in total. The van der Waals surface area contributed by atoms with Crippen molar-refractivity contribution in [3.05, 3.63) is 30.5 Å². The van der Waals surface area contributed by atoms with E-state index in [2.05, 4.69) is 16.0 Å². The Bertz CT molecular complexity index is 621. The maximum Gasteiger partial charge on any atom is 0.0951 e. The zero-order chi connectivity index (χ0) is 14.4. The van der Waals surface area contributed by atoms with Gasteiger partial charge in [0.05, 0.1) is 30.3 Å². The van der Waals surface area contributed by atoms with E-state index in [1.807, 2.05) is 24.3 Å². The van der Waals surface area contributed by atoms with Crippen LogP contribution in [0.3, 0.4) is 0 Å². The van der Waals surface area contributed by atoms with Crippen LogP contribution < -0.4 is 10.6 Å². The van der Waals surface area contributed by atoms with E-state index in [-0.39, 0.29) is 0 Å². The molecule has 2 aromatic rings. The molecule has 0 aliphatic carbocycles. The lowest BCUT2D eigenvalue weighted by Crippen LogP contribution is -2.28. The molecule has 20 heavy (non-hydrogen) atoms. The van der Waals surface area contributed by atoms with Crippen molar-refractivity contribution in [2.24, 2.45) is 0 Å². The zero-order valence-electron chi connectivity index (χ0n) is 11.5. The summed E-state index contributed by atoms with van der Waals surface area (Å²) in [6.07, 6.45) is 2.20. The molecule has 0 saturated carbocycles. The van der Waals surface area contributed by atoms with Gasteiger partial charge in [0.25, 0.3) is 0 Å². The molecule has 0 atom stereocenters. The summed E-state index contributed by atoms with van der Waals surface area (Å²) in [6, 6.07) is 9.91. The molecule has 1 aromatic heterocycles. The van der Waals surface area contributed by atoms with Gasteiger partial charge in [-0.25, -0.2) is 0 Å². The number of pyridine rings is 1. The molecule has 5 heteroatoms. The Balaban J connectivity index is 2.42. The van der Waals surface area contributed by atoms with E-state index in [9.17, 15) is 0 Å². The largest absolute Gasteiger partial charge is 0.397 e. The van der Waals surface area contributed by atoms with Gasteiger partial charge in [-0.3, -0.25) is 4.98 Å². The van der Waals surface area contributed by atoms with Gasteiger partial charge in [-0.1, -0.05) is 0 Å². The van der Waals surface area contributed by atoms with Crippen LogP contribution in [0.4, 0.5) is 11.4 Å². The number of hydrogen-bond acceptors (Lipinski definition) is 5. The number of rotatable bonds is 6. The van der Waals surface area contributed by atoms with Crippen LogP contribution in [0.2, 0.25) is 0 Å². The van der Waals surface area contributed by atoms with Gasteiger partial charge < -0.3 is 15.4 Å². The van der Waals surface area contributed by atoms with Gasteiger partial charge in [-0.2, -0.15) is 5.26 Å². The highest BCUT2D eigenvalue weighted by molar-refractivity contribution is 5.98. The summed E-state index contributed by atoms with van der Waals surface area (Å²) >= 11 is 0. The van der Waals surface area contributed by atoms with Gasteiger partial charge in [-0.15, -0.1) is 0 Å². The molecule has 2 rings (SSSR count). The van der Waals surface area contributed by atoms with Crippen molar-refractivity contribution in [1.29, 1.82) is 5.26 Å². The second-order valence-corrected chi connectivity index (χ2v) is 4.46. The third kappa shape index (κ3) is 2.98. The smallest absolute Gasteiger partial charge is 0.0951 e. The Labute approximate surface area is 118 Å². The van der Waals surface area contributed by atoms with Crippen LogP contribution in [-0.4, -0.2) is 31.8 Å². The molecule has 1 aromatic carbocycles. The van der Waals surface area contributed by atoms with E-state index >= 15 is 0 Å².